The minimum Gasteiger partial charge on any atom is -0.452 e. The second-order valence-corrected chi connectivity index (χ2v) is 7.57. The van der Waals surface area contributed by atoms with Crippen molar-refractivity contribution in [2.24, 2.45) is 5.92 Å². The normalized spacial score (nSPS) is 12.0. The number of fused-ring (bicyclic) bond motifs is 2. The third-order valence-electron chi connectivity index (χ3n) is 4.73. The number of benzene rings is 2. The Bertz CT molecular complexity index is 1200. The second-order valence-electron chi connectivity index (χ2n) is 7.57. The molecule has 170 valence electrons. The quantitative estimate of drug-likeness (QED) is 0.325. The lowest BCUT2D eigenvalue weighted by Crippen LogP contribution is -2.42. The molecule has 0 aliphatic heterocycles. The Morgan fingerprint density at radius 3 is 2.24 bits per heavy atom. The fourth-order valence-electron chi connectivity index (χ4n) is 3.24. The number of urea groups is 1. The Morgan fingerprint density at radius 2 is 1.64 bits per heavy atom. The minimum absolute atomic E-state index is 0.0181. The van der Waals surface area contributed by atoms with Gasteiger partial charge in [-0.05, 0) is 18.1 Å². The largest absolute Gasteiger partial charge is 0.452 e. The third-order valence-corrected chi connectivity index (χ3v) is 4.73. The summed E-state index contributed by atoms with van der Waals surface area (Å²) in [5, 5.41) is 16.2. The summed E-state index contributed by atoms with van der Waals surface area (Å²) in [6, 6.07) is 7.20. The maximum absolute atomic E-state index is 12.9. The minimum atomic E-state index is -1.26. The number of nitro groups is 1. The molecule has 2 aromatic carbocycles. The molecule has 0 heterocycles. The smallest absolute Gasteiger partial charge is 0.345 e. The van der Waals surface area contributed by atoms with Crippen molar-refractivity contribution in [1.29, 1.82) is 0 Å². The van der Waals surface area contributed by atoms with Crippen LogP contribution in [0.1, 0.15) is 56.0 Å². The number of amides is 3. The van der Waals surface area contributed by atoms with Crippen molar-refractivity contribution in [1.82, 2.24) is 10.6 Å². The van der Waals surface area contributed by atoms with Gasteiger partial charge in [-0.25, -0.2) is 9.59 Å². The lowest BCUT2D eigenvalue weighted by Gasteiger charge is -2.18. The molecule has 3 amide bonds. The maximum Gasteiger partial charge on any atom is 0.345 e. The van der Waals surface area contributed by atoms with Crippen LogP contribution in [-0.2, 0) is 9.53 Å². The van der Waals surface area contributed by atoms with Gasteiger partial charge >= 0.3 is 12.0 Å². The van der Waals surface area contributed by atoms with Gasteiger partial charge in [-0.3, -0.25) is 29.8 Å². The van der Waals surface area contributed by atoms with E-state index in [4.69, 9.17) is 4.74 Å². The zero-order chi connectivity index (χ0) is 24.3. The van der Waals surface area contributed by atoms with E-state index in [2.05, 4.69) is 5.32 Å². The van der Waals surface area contributed by atoms with E-state index in [1.807, 2.05) is 19.2 Å². The van der Waals surface area contributed by atoms with E-state index >= 15 is 0 Å². The van der Waals surface area contributed by atoms with Gasteiger partial charge in [0.05, 0.1) is 4.92 Å². The van der Waals surface area contributed by atoms with Crippen LogP contribution in [0, 0.1) is 16.0 Å². The molecule has 11 heteroatoms. The Labute approximate surface area is 187 Å². The summed E-state index contributed by atoms with van der Waals surface area (Å²) in [5.41, 5.74) is -2.13. The van der Waals surface area contributed by atoms with Gasteiger partial charge < -0.3 is 10.1 Å². The molecule has 0 radical (unpaired) electrons. The Morgan fingerprint density at radius 1 is 1.00 bits per heavy atom. The number of carbonyl (C=O) groups excluding carboxylic acids is 5. The zero-order valence-corrected chi connectivity index (χ0v) is 17.7. The molecule has 2 aromatic rings. The number of ether oxygens (including phenoxy) is 1. The number of ketones is 2. The monoisotopic (exact) mass is 453 g/mol. The van der Waals surface area contributed by atoms with Gasteiger partial charge in [0.1, 0.15) is 11.1 Å². The standard InChI is InChI=1S/C22H19N3O8/c1-11(2)9-23-22(30)24-16(26)10-33-21(29)15-8-7-14-17(18(15)25(31)32)20(28)13-6-4-3-5-12(13)19(14)27/h3-8,11H,9-10H2,1-2H3,(H2,23,24,26,30). The van der Waals surface area contributed by atoms with Crippen molar-refractivity contribution < 1.29 is 33.6 Å². The molecule has 0 spiro atoms. The van der Waals surface area contributed by atoms with E-state index in [0.717, 1.165) is 12.1 Å². The number of rotatable bonds is 6. The molecule has 1 aliphatic carbocycles. The van der Waals surface area contributed by atoms with Crippen molar-refractivity contribution in [2.45, 2.75) is 13.8 Å². The van der Waals surface area contributed by atoms with Crippen LogP contribution < -0.4 is 10.6 Å². The Hall–Kier alpha value is -4.41. The molecule has 1 aliphatic rings. The fraction of sp³-hybridized carbons (Fsp3) is 0.227. The predicted octanol–water partition coefficient (Wildman–Crippen LogP) is 2.01. The fourth-order valence-corrected chi connectivity index (χ4v) is 3.24. The molecule has 0 bridgehead atoms. The van der Waals surface area contributed by atoms with Crippen molar-refractivity contribution in [3.05, 3.63) is 74.3 Å². The predicted molar refractivity (Wildman–Crippen MR) is 113 cm³/mol. The van der Waals surface area contributed by atoms with Crippen LogP contribution in [0.5, 0.6) is 0 Å². The third kappa shape index (κ3) is 4.76. The Kier molecular flexibility index (Phi) is 6.61. The number of hydrogen-bond acceptors (Lipinski definition) is 8. The van der Waals surface area contributed by atoms with Crippen LogP contribution in [-0.4, -0.2) is 47.5 Å². The van der Waals surface area contributed by atoms with Crippen molar-refractivity contribution >= 4 is 35.2 Å². The number of imide groups is 1. The first-order valence-electron chi connectivity index (χ1n) is 9.86. The summed E-state index contributed by atoms with van der Waals surface area (Å²) in [6.45, 7) is 3.13. The maximum atomic E-state index is 12.9. The van der Waals surface area contributed by atoms with E-state index < -0.39 is 57.8 Å². The van der Waals surface area contributed by atoms with Crippen LogP contribution in [0.2, 0.25) is 0 Å². The number of nitro benzene ring substituents is 1. The molecular formula is C22H19N3O8. The van der Waals surface area contributed by atoms with Crippen LogP contribution >= 0.6 is 0 Å². The molecule has 0 aromatic heterocycles. The number of carbonyl (C=O) groups is 5. The van der Waals surface area contributed by atoms with Gasteiger partial charge in [0, 0.05) is 23.2 Å². The van der Waals surface area contributed by atoms with Crippen LogP contribution in [0.4, 0.5) is 10.5 Å². The average molecular weight is 453 g/mol. The molecule has 0 saturated carbocycles. The lowest BCUT2D eigenvalue weighted by atomic mass is 9.82. The van der Waals surface area contributed by atoms with Gasteiger partial charge in [-0.2, -0.15) is 0 Å². The summed E-state index contributed by atoms with van der Waals surface area (Å²) in [5.74, 6) is -3.43. The topological polar surface area (TPSA) is 162 Å². The van der Waals surface area contributed by atoms with Gasteiger partial charge in [-0.1, -0.05) is 38.1 Å². The highest BCUT2D eigenvalue weighted by Gasteiger charge is 2.39. The van der Waals surface area contributed by atoms with E-state index in [9.17, 15) is 34.1 Å². The van der Waals surface area contributed by atoms with Gasteiger partial charge in [0.25, 0.3) is 11.6 Å². The second kappa shape index (κ2) is 9.39. The molecule has 2 N–H and O–H groups in total. The molecular weight excluding hydrogens is 434 g/mol. The number of nitrogens with one attached hydrogen (secondary N) is 2. The van der Waals surface area contributed by atoms with E-state index in [0.29, 0.717) is 6.54 Å². The van der Waals surface area contributed by atoms with Gasteiger partial charge in [0.15, 0.2) is 12.4 Å². The highest BCUT2D eigenvalue weighted by atomic mass is 16.6. The van der Waals surface area contributed by atoms with E-state index in [1.54, 1.807) is 6.07 Å². The molecule has 0 unspecified atom stereocenters. The Balaban J connectivity index is 1.83. The zero-order valence-electron chi connectivity index (χ0n) is 17.7. The number of nitrogens with zero attached hydrogens (tertiary/aromatic N) is 1. The van der Waals surface area contributed by atoms with Gasteiger partial charge in [0.2, 0.25) is 5.78 Å². The lowest BCUT2D eigenvalue weighted by molar-refractivity contribution is -0.385. The first kappa shape index (κ1) is 23.3. The van der Waals surface area contributed by atoms with E-state index in [-0.39, 0.29) is 22.6 Å². The first-order valence-corrected chi connectivity index (χ1v) is 9.86. The first-order chi connectivity index (χ1) is 15.6. The van der Waals surface area contributed by atoms with Crippen molar-refractivity contribution in [3.8, 4) is 0 Å². The SMILES string of the molecule is CC(C)CNC(=O)NC(=O)COC(=O)c1ccc2c(c1[N+](=O)[O-])C(=O)c1ccccc1C2=O. The number of hydrogen-bond donors (Lipinski definition) is 2. The van der Waals surface area contributed by atoms with Crippen molar-refractivity contribution in [2.75, 3.05) is 13.2 Å². The summed E-state index contributed by atoms with van der Waals surface area (Å²) >= 11 is 0. The molecule has 33 heavy (non-hydrogen) atoms. The van der Waals surface area contributed by atoms with Crippen LogP contribution in [0.15, 0.2) is 36.4 Å². The van der Waals surface area contributed by atoms with Crippen molar-refractivity contribution in [3.63, 3.8) is 0 Å². The highest BCUT2D eigenvalue weighted by molar-refractivity contribution is 6.30. The summed E-state index contributed by atoms with van der Waals surface area (Å²) in [7, 11) is 0. The average Bonchev–Trinajstić information content (AvgIpc) is 2.78. The summed E-state index contributed by atoms with van der Waals surface area (Å²) in [6.07, 6.45) is 0. The van der Waals surface area contributed by atoms with Gasteiger partial charge in [-0.15, -0.1) is 0 Å². The molecule has 11 nitrogen and oxygen atoms in total. The molecule has 0 saturated heterocycles. The number of esters is 1. The highest BCUT2D eigenvalue weighted by Crippen LogP contribution is 2.35. The summed E-state index contributed by atoms with van der Waals surface area (Å²) in [4.78, 5) is 72.4. The van der Waals surface area contributed by atoms with Crippen LogP contribution in [0.3, 0.4) is 0 Å². The van der Waals surface area contributed by atoms with E-state index in [1.165, 1.54) is 18.2 Å². The molecule has 0 atom stereocenters. The molecule has 0 fully saturated rings. The molecule has 3 rings (SSSR count). The van der Waals surface area contributed by atoms with Crippen LogP contribution in [0.25, 0.3) is 0 Å². The summed E-state index contributed by atoms with van der Waals surface area (Å²) < 4.78 is 4.80.